The van der Waals surface area contributed by atoms with Gasteiger partial charge < -0.3 is 10.6 Å². The SMILES string of the molecule is Cc1cc(Nc2cc(-c3ccccc3)nc(/C=C/c3ccccc3)n2)n[nH]1.Cc1cc(Nc2ccnc(/C=C/c3ccccc3)n2)n[nH]1. The molecule has 4 aromatic heterocycles. The van der Waals surface area contributed by atoms with Crippen LogP contribution in [-0.2, 0) is 0 Å². The minimum atomic E-state index is 0.634. The third-order valence-electron chi connectivity index (χ3n) is 6.86. The zero-order valence-corrected chi connectivity index (χ0v) is 26.5. The van der Waals surface area contributed by atoms with Gasteiger partial charge in [-0.25, -0.2) is 19.9 Å². The number of nitrogens with zero attached hydrogens (tertiary/aromatic N) is 6. The number of rotatable bonds is 9. The van der Waals surface area contributed by atoms with Crippen molar-refractivity contribution in [3.63, 3.8) is 0 Å². The Kier molecular flexibility index (Phi) is 10.1. The van der Waals surface area contributed by atoms with Crippen LogP contribution in [0.1, 0.15) is 34.2 Å². The van der Waals surface area contributed by atoms with Gasteiger partial charge in [0.25, 0.3) is 0 Å². The van der Waals surface area contributed by atoms with E-state index in [2.05, 4.69) is 46.0 Å². The van der Waals surface area contributed by atoms with Crippen LogP contribution >= 0.6 is 0 Å². The monoisotopic (exact) mass is 630 g/mol. The van der Waals surface area contributed by atoms with Crippen LogP contribution in [0.25, 0.3) is 35.6 Å². The van der Waals surface area contributed by atoms with Gasteiger partial charge in [-0.15, -0.1) is 0 Å². The Morgan fingerprint density at radius 2 is 1.02 bits per heavy atom. The Balaban J connectivity index is 0.000000173. The average molecular weight is 631 g/mol. The highest BCUT2D eigenvalue weighted by atomic mass is 15.2. The van der Waals surface area contributed by atoms with E-state index in [1.165, 1.54) is 0 Å². The summed E-state index contributed by atoms with van der Waals surface area (Å²) in [4.78, 5) is 18.0. The van der Waals surface area contributed by atoms with Gasteiger partial charge in [-0.05, 0) is 43.2 Å². The lowest BCUT2D eigenvalue weighted by molar-refractivity contribution is 1.04. The van der Waals surface area contributed by atoms with E-state index in [0.29, 0.717) is 23.3 Å². The molecule has 7 aromatic rings. The van der Waals surface area contributed by atoms with Crippen LogP contribution in [0.4, 0.5) is 23.3 Å². The molecule has 0 fully saturated rings. The van der Waals surface area contributed by atoms with E-state index < -0.39 is 0 Å². The molecular weight excluding hydrogens is 596 g/mol. The van der Waals surface area contributed by atoms with Crippen molar-refractivity contribution in [1.82, 2.24) is 40.3 Å². The summed E-state index contributed by atoms with van der Waals surface area (Å²) in [7, 11) is 0. The Morgan fingerprint density at radius 3 is 1.58 bits per heavy atom. The van der Waals surface area contributed by atoms with E-state index in [9.17, 15) is 0 Å². The van der Waals surface area contributed by atoms with E-state index >= 15 is 0 Å². The minimum absolute atomic E-state index is 0.634. The molecule has 0 aliphatic carbocycles. The number of hydrogen-bond acceptors (Lipinski definition) is 8. The summed E-state index contributed by atoms with van der Waals surface area (Å²) in [6, 6.07) is 37.8. The minimum Gasteiger partial charge on any atom is -0.323 e. The van der Waals surface area contributed by atoms with Crippen molar-refractivity contribution in [2.24, 2.45) is 0 Å². The maximum absolute atomic E-state index is 4.70. The summed E-state index contributed by atoms with van der Waals surface area (Å²) < 4.78 is 0. The molecule has 0 saturated carbocycles. The Morgan fingerprint density at radius 1 is 0.500 bits per heavy atom. The van der Waals surface area contributed by atoms with Gasteiger partial charge in [-0.2, -0.15) is 10.2 Å². The van der Waals surface area contributed by atoms with Crippen molar-refractivity contribution < 1.29 is 0 Å². The van der Waals surface area contributed by atoms with Crippen molar-refractivity contribution in [3.8, 4) is 11.3 Å². The molecule has 48 heavy (non-hydrogen) atoms. The Hall–Kier alpha value is -6.68. The highest BCUT2D eigenvalue weighted by Gasteiger charge is 2.07. The second-order valence-electron chi connectivity index (χ2n) is 10.8. The molecular formula is C38H34N10. The number of aromatic nitrogens is 8. The van der Waals surface area contributed by atoms with Gasteiger partial charge in [0, 0.05) is 41.3 Å². The molecule has 0 saturated heterocycles. The molecule has 0 atom stereocenters. The predicted molar refractivity (Wildman–Crippen MR) is 193 cm³/mol. The summed E-state index contributed by atoms with van der Waals surface area (Å²) in [5.74, 6) is 4.16. The lowest BCUT2D eigenvalue weighted by Crippen LogP contribution is -1.99. The first-order valence-electron chi connectivity index (χ1n) is 15.4. The molecule has 0 aliphatic heterocycles. The average Bonchev–Trinajstić information content (AvgIpc) is 3.74. The molecule has 4 heterocycles. The van der Waals surface area contributed by atoms with Gasteiger partial charge in [0.15, 0.2) is 23.3 Å². The van der Waals surface area contributed by atoms with Gasteiger partial charge in [0.05, 0.1) is 5.69 Å². The highest BCUT2D eigenvalue weighted by Crippen LogP contribution is 2.22. The smallest absolute Gasteiger partial charge is 0.154 e. The molecule has 0 radical (unpaired) electrons. The molecule has 0 bridgehead atoms. The third-order valence-corrected chi connectivity index (χ3v) is 6.86. The zero-order chi connectivity index (χ0) is 33.0. The number of hydrogen-bond donors (Lipinski definition) is 4. The summed E-state index contributed by atoms with van der Waals surface area (Å²) in [5.41, 5.74) is 6.09. The Bertz CT molecular complexity index is 2100. The van der Waals surface area contributed by atoms with E-state index in [1.807, 2.05) is 153 Å². The summed E-state index contributed by atoms with van der Waals surface area (Å²) in [6.45, 7) is 3.91. The van der Waals surface area contributed by atoms with Crippen molar-refractivity contribution in [2.75, 3.05) is 10.6 Å². The van der Waals surface area contributed by atoms with Crippen molar-refractivity contribution in [3.05, 3.63) is 156 Å². The zero-order valence-electron chi connectivity index (χ0n) is 26.5. The standard InChI is InChI=1S/C22H19N5.C16H15N5/c1-16-14-22(27-26-16)25-21-15-19(18-10-6-3-7-11-18)23-20(24-21)13-12-17-8-4-2-5-9-17;1-12-11-16(21-20-12)19-15-9-10-17-14(18-15)8-7-13-5-3-2-4-6-13/h2-15H,1H3,(H2,23,24,25,26,27);2-11H,1H3,(H2,17,18,19,20,21)/b13-12+;8-7+. The van der Waals surface area contributed by atoms with Crippen LogP contribution in [0.2, 0.25) is 0 Å². The van der Waals surface area contributed by atoms with Crippen LogP contribution in [0.3, 0.4) is 0 Å². The van der Waals surface area contributed by atoms with Crippen LogP contribution in [0.5, 0.6) is 0 Å². The van der Waals surface area contributed by atoms with Crippen LogP contribution in [0, 0.1) is 13.8 Å². The first kappa shape index (κ1) is 31.3. The molecule has 0 aliphatic rings. The lowest BCUT2D eigenvalue weighted by atomic mass is 10.1. The van der Waals surface area contributed by atoms with Gasteiger partial charge in [0.2, 0.25) is 0 Å². The van der Waals surface area contributed by atoms with Crippen LogP contribution < -0.4 is 10.6 Å². The fraction of sp³-hybridized carbons (Fsp3) is 0.0526. The second-order valence-corrected chi connectivity index (χ2v) is 10.8. The number of aryl methyl sites for hydroxylation is 2. The molecule has 4 N–H and O–H groups in total. The molecule has 0 spiro atoms. The maximum Gasteiger partial charge on any atom is 0.154 e. The number of H-pyrrole nitrogens is 2. The van der Waals surface area contributed by atoms with Gasteiger partial charge in [-0.1, -0.05) is 103 Å². The lowest BCUT2D eigenvalue weighted by Gasteiger charge is -2.07. The molecule has 10 nitrogen and oxygen atoms in total. The van der Waals surface area contributed by atoms with E-state index in [-0.39, 0.29) is 0 Å². The van der Waals surface area contributed by atoms with Crippen molar-refractivity contribution in [1.29, 1.82) is 0 Å². The summed E-state index contributed by atoms with van der Waals surface area (Å²) >= 11 is 0. The molecule has 0 amide bonds. The van der Waals surface area contributed by atoms with Crippen molar-refractivity contribution >= 4 is 47.6 Å². The number of nitrogens with one attached hydrogen (secondary N) is 4. The first-order valence-corrected chi connectivity index (χ1v) is 15.4. The van der Waals surface area contributed by atoms with Crippen LogP contribution in [-0.4, -0.2) is 40.3 Å². The molecule has 10 heteroatoms. The quantitative estimate of drug-likeness (QED) is 0.125. The number of anilines is 4. The Labute approximate surface area is 278 Å². The largest absolute Gasteiger partial charge is 0.323 e. The normalized spacial score (nSPS) is 11.0. The van der Waals surface area contributed by atoms with E-state index in [1.54, 1.807) is 6.20 Å². The fourth-order valence-electron chi connectivity index (χ4n) is 4.58. The second kappa shape index (κ2) is 15.5. The predicted octanol–water partition coefficient (Wildman–Crippen LogP) is 8.51. The fourth-order valence-corrected chi connectivity index (χ4v) is 4.58. The molecule has 7 rings (SSSR count). The van der Waals surface area contributed by atoms with Gasteiger partial charge in [0.1, 0.15) is 11.6 Å². The highest BCUT2D eigenvalue weighted by molar-refractivity contribution is 5.71. The number of benzene rings is 3. The topological polar surface area (TPSA) is 133 Å². The molecule has 0 unspecified atom stereocenters. The third kappa shape index (κ3) is 9.18. The van der Waals surface area contributed by atoms with E-state index in [4.69, 9.17) is 4.98 Å². The maximum atomic E-state index is 4.70. The summed E-state index contributed by atoms with van der Waals surface area (Å²) in [6.07, 6.45) is 9.52. The first-order chi connectivity index (χ1) is 23.6. The van der Waals surface area contributed by atoms with Gasteiger partial charge >= 0.3 is 0 Å². The summed E-state index contributed by atoms with van der Waals surface area (Å²) in [5, 5.41) is 20.5. The number of aromatic amines is 2. The van der Waals surface area contributed by atoms with E-state index in [0.717, 1.165) is 45.4 Å². The van der Waals surface area contributed by atoms with Crippen molar-refractivity contribution in [2.45, 2.75) is 13.8 Å². The molecule has 236 valence electrons. The van der Waals surface area contributed by atoms with Gasteiger partial charge in [-0.3, -0.25) is 10.2 Å². The molecule has 3 aromatic carbocycles. The van der Waals surface area contributed by atoms with Crippen LogP contribution in [0.15, 0.2) is 121 Å².